The smallest absolute Gasteiger partial charge is 0.224 e. The Labute approximate surface area is 116 Å². The monoisotopic (exact) mass is 262 g/mol. The highest BCUT2D eigenvalue weighted by Gasteiger charge is 2.13. The van der Waals surface area contributed by atoms with E-state index < -0.39 is 0 Å². The number of aryl methyl sites for hydroxylation is 1. The van der Waals surface area contributed by atoms with Crippen LogP contribution in [0.1, 0.15) is 51.1 Å². The molecule has 2 rings (SSSR count). The van der Waals surface area contributed by atoms with Crippen molar-refractivity contribution < 1.29 is 0 Å². The van der Waals surface area contributed by atoms with Crippen LogP contribution < -0.4 is 10.6 Å². The number of nitrogens with zero attached hydrogens (tertiary/aromatic N) is 2. The van der Waals surface area contributed by atoms with Crippen molar-refractivity contribution in [2.45, 2.75) is 52.4 Å². The topological polar surface area (TPSA) is 49.8 Å². The number of rotatable bonds is 7. The van der Waals surface area contributed by atoms with Crippen molar-refractivity contribution in [2.24, 2.45) is 5.92 Å². The number of anilines is 2. The van der Waals surface area contributed by atoms with E-state index in [0.717, 1.165) is 36.5 Å². The van der Waals surface area contributed by atoms with Crippen LogP contribution in [0.15, 0.2) is 6.07 Å². The molecule has 1 heterocycles. The zero-order valence-electron chi connectivity index (χ0n) is 12.2. The number of hydrogen-bond donors (Lipinski definition) is 2. The number of hydrogen-bond acceptors (Lipinski definition) is 4. The molecule has 1 aliphatic carbocycles. The third-order valence-corrected chi connectivity index (χ3v) is 3.76. The Morgan fingerprint density at radius 1 is 1.21 bits per heavy atom. The van der Waals surface area contributed by atoms with Gasteiger partial charge in [0.25, 0.3) is 0 Å². The second-order valence-electron chi connectivity index (χ2n) is 5.47. The molecule has 0 saturated heterocycles. The highest BCUT2D eigenvalue weighted by atomic mass is 15.1. The van der Waals surface area contributed by atoms with Gasteiger partial charge in [0.15, 0.2) is 0 Å². The molecule has 0 aromatic carbocycles. The third kappa shape index (κ3) is 4.69. The molecule has 19 heavy (non-hydrogen) atoms. The second kappa shape index (κ2) is 7.31. The van der Waals surface area contributed by atoms with Crippen LogP contribution in [0.25, 0.3) is 0 Å². The van der Waals surface area contributed by atoms with Crippen molar-refractivity contribution >= 4 is 11.8 Å². The molecule has 0 aliphatic heterocycles. The molecule has 0 radical (unpaired) electrons. The summed E-state index contributed by atoms with van der Waals surface area (Å²) in [5.41, 5.74) is 1.00. The lowest BCUT2D eigenvalue weighted by Crippen LogP contribution is -2.09. The first-order valence-corrected chi connectivity index (χ1v) is 7.61. The SMILES string of the molecule is CCNc1nc(C)cc(NCCCC2CCCC2)n1. The van der Waals surface area contributed by atoms with E-state index in [-0.39, 0.29) is 0 Å². The van der Waals surface area contributed by atoms with Crippen molar-refractivity contribution in [3.8, 4) is 0 Å². The van der Waals surface area contributed by atoms with Gasteiger partial charge in [-0.15, -0.1) is 0 Å². The molecule has 1 saturated carbocycles. The fourth-order valence-electron chi connectivity index (χ4n) is 2.80. The van der Waals surface area contributed by atoms with E-state index >= 15 is 0 Å². The molecule has 0 spiro atoms. The Morgan fingerprint density at radius 3 is 2.74 bits per heavy atom. The van der Waals surface area contributed by atoms with E-state index in [2.05, 4.69) is 27.5 Å². The van der Waals surface area contributed by atoms with Crippen LogP contribution in [0.3, 0.4) is 0 Å². The van der Waals surface area contributed by atoms with E-state index in [4.69, 9.17) is 0 Å². The van der Waals surface area contributed by atoms with Crippen LogP contribution >= 0.6 is 0 Å². The van der Waals surface area contributed by atoms with Crippen LogP contribution in [-0.2, 0) is 0 Å². The molecule has 2 N–H and O–H groups in total. The van der Waals surface area contributed by atoms with Crippen molar-refractivity contribution in [3.05, 3.63) is 11.8 Å². The average Bonchev–Trinajstić information content (AvgIpc) is 2.87. The molecule has 4 heteroatoms. The standard InChI is InChI=1S/C15H26N4/c1-3-16-15-18-12(2)11-14(19-15)17-10-6-9-13-7-4-5-8-13/h11,13H,3-10H2,1-2H3,(H2,16,17,18,19). The zero-order valence-corrected chi connectivity index (χ0v) is 12.2. The Hall–Kier alpha value is -1.32. The lowest BCUT2D eigenvalue weighted by molar-refractivity contribution is 0.491. The molecular formula is C15H26N4. The number of nitrogens with one attached hydrogen (secondary N) is 2. The van der Waals surface area contributed by atoms with Gasteiger partial charge in [-0.2, -0.15) is 4.98 Å². The van der Waals surface area contributed by atoms with Gasteiger partial charge in [-0.25, -0.2) is 4.98 Å². The van der Waals surface area contributed by atoms with Crippen molar-refractivity contribution in [1.82, 2.24) is 9.97 Å². The Morgan fingerprint density at radius 2 is 2.00 bits per heavy atom. The van der Waals surface area contributed by atoms with Gasteiger partial charge in [0, 0.05) is 24.8 Å². The quantitative estimate of drug-likeness (QED) is 0.737. The molecule has 1 aliphatic rings. The van der Waals surface area contributed by atoms with E-state index in [9.17, 15) is 0 Å². The summed E-state index contributed by atoms with van der Waals surface area (Å²) >= 11 is 0. The van der Waals surface area contributed by atoms with Crippen LogP contribution in [0.2, 0.25) is 0 Å². The molecule has 0 amide bonds. The minimum atomic E-state index is 0.723. The molecule has 1 aromatic rings. The van der Waals surface area contributed by atoms with Gasteiger partial charge in [0.05, 0.1) is 0 Å². The van der Waals surface area contributed by atoms with Crippen LogP contribution in [-0.4, -0.2) is 23.1 Å². The third-order valence-electron chi connectivity index (χ3n) is 3.76. The van der Waals surface area contributed by atoms with Crippen LogP contribution in [0, 0.1) is 12.8 Å². The van der Waals surface area contributed by atoms with E-state index in [1.54, 1.807) is 0 Å². The van der Waals surface area contributed by atoms with Gasteiger partial charge in [-0.1, -0.05) is 25.7 Å². The maximum Gasteiger partial charge on any atom is 0.224 e. The molecule has 0 unspecified atom stereocenters. The van der Waals surface area contributed by atoms with Gasteiger partial charge >= 0.3 is 0 Å². The Balaban J connectivity index is 1.75. The molecule has 106 valence electrons. The summed E-state index contributed by atoms with van der Waals surface area (Å²) < 4.78 is 0. The molecule has 1 fully saturated rings. The van der Waals surface area contributed by atoms with Crippen molar-refractivity contribution in [2.75, 3.05) is 23.7 Å². The molecule has 0 bridgehead atoms. The first kappa shape index (κ1) is 14.1. The lowest BCUT2D eigenvalue weighted by Gasteiger charge is -2.11. The summed E-state index contributed by atoms with van der Waals surface area (Å²) in [6.07, 6.45) is 8.36. The molecular weight excluding hydrogens is 236 g/mol. The highest BCUT2D eigenvalue weighted by molar-refractivity contribution is 5.41. The predicted octanol–water partition coefficient (Wildman–Crippen LogP) is 3.60. The van der Waals surface area contributed by atoms with Crippen molar-refractivity contribution in [1.29, 1.82) is 0 Å². The molecule has 1 aromatic heterocycles. The zero-order chi connectivity index (χ0) is 13.5. The van der Waals surface area contributed by atoms with Crippen LogP contribution in [0.4, 0.5) is 11.8 Å². The predicted molar refractivity (Wildman–Crippen MR) is 80.6 cm³/mol. The van der Waals surface area contributed by atoms with Gasteiger partial charge < -0.3 is 10.6 Å². The highest BCUT2D eigenvalue weighted by Crippen LogP contribution is 2.28. The van der Waals surface area contributed by atoms with E-state index in [1.807, 2.05) is 13.0 Å². The largest absolute Gasteiger partial charge is 0.370 e. The molecule has 0 atom stereocenters. The van der Waals surface area contributed by atoms with Gasteiger partial charge in [-0.05, 0) is 32.6 Å². The average molecular weight is 262 g/mol. The minimum absolute atomic E-state index is 0.723. The van der Waals surface area contributed by atoms with Crippen molar-refractivity contribution in [3.63, 3.8) is 0 Å². The summed E-state index contributed by atoms with van der Waals surface area (Å²) in [5, 5.41) is 6.58. The summed E-state index contributed by atoms with van der Waals surface area (Å²) in [6, 6.07) is 2.01. The Bertz CT molecular complexity index is 386. The fraction of sp³-hybridized carbons (Fsp3) is 0.733. The van der Waals surface area contributed by atoms with Gasteiger partial charge in [-0.3, -0.25) is 0 Å². The normalized spacial score (nSPS) is 15.7. The maximum absolute atomic E-state index is 4.46. The first-order chi connectivity index (χ1) is 9.28. The lowest BCUT2D eigenvalue weighted by atomic mass is 10.0. The maximum atomic E-state index is 4.46. The summed E-state index contributed by atoms with van der Waals surface area (Å²) in [6.45, 7) is 5.93. The second-order valence-corrected chi connectivity index (χ2v) is 5.47. The Kier molecular flexibility index (Phi) is 5.43. The first-order valence-electron chi connectivity index (χ1n) is 7.61. The van der Waals surface area contributed by atoms with E-state index in [1.165, 1.54) is 38.5 Å². The minimum Gasteiger partial charge on any atom is -0.370 e. The summed E-state index contributed by atoms with van der Waals surface area (Å²) in [5.74, 6) is 2.64. The molecule has 4 nitrogen and oxygen atoms in total. The number of aromatic nitrogens is 2. The fourth-order valence-corrected chi connectivity index (χ4v) is 2.80. The van der Waals surface area contributed by atoms with Gasteiger partial charge in [0.1, 0.15) is 5.82 Å². The van der Waals surface area contributed by atoms with E-state index in [0.29, 0.717) is 0 Å². The van der Waals surface area contributed by atoms with Crippen LogP contribution in [0.5, 0.6) is 0 Å². The summed E-state index contributed by atoms with van der Waals surface area (Å²) in [7, 11) is 0. The summed E-state index contributed by atoms with van der Waals surface area (Å²) in [4.78, 5) is 8.81. The van der Waals surface area contributed by atoms with Gasteiger partial charge in [0.2, 0.25) is 5.95 Å².